The first kappa shape index (κ1) is 21.3. The number of aryl methyl sites for hydroxylation is 1. The number of carbonyl (C=O) groups is 2. The van der Waals surface area contributed by atoms with Crippen molar-refractivity contribution in [1.82, 2.24) is 4.90 Å². The molecule has 2 aromatic carbocycles. The van der Waals surface area contributed by atoms with E-state index in [9.17, 15) is 19.7 Å². The van der Waals surface area contributed by atoms with Gasteiger partial charge in [0.2, 0.25) is 11.8 Å². The molecule has 3 rings (SSSR count). The average Bonchev–Trinajstić information content (AvgIpc) is 2.75. The molecule has 1 N–H and O–H groups in total. The van der Waals surface area contributed by atoms with Gasteiger partial charge in [0.15, 0.2) is 0 Å². The van der Waals surface area contributed by atoms with Gasteiger partial charge in [-0.3, -0.25) is 19.7 Å². The van der Waals surface area contributed by atoms with Gasteiger partial charge in [0.05, 0.1) is 18.0 Å². The highest BCUT2D eigenvalue weighted by molar-refractivity contribution is 5.93. The third-order valence-corrected chi connectivity index (χ3v) is 5.22. The predicted octanol–water partition coefficient (Wildman–Crippen LogP) is 3.55. The highest BCUT2D eigenvalue weighted by Crippen LogP contribution is 2.24. The quantitative estimate of drug-likeness (QED) is 0.555. The normalized spacial score (nSPS) is 14.2. The van der Waals surface area contributed by atoms with Crippen LogP contribution in [0, 0.1) is 23.0 Å². The van der Waals surface area contributed by atoms with E-state index in [2.05, 4.69) is 5.32 Å². The number of nitro benzene ring substituents is 1. The number of hydrogen-bond acceptors (Lipinski definition) is 5. The highest BCUT2D eigenvalue weighted by Gasteiger charge is 2.27. The van der Waals surface area contributed by atoms with Gasteiger partial charge < -0.3 is 15.0 Å². The highest BCUT2D eigenvalue weighted by atomic mass is 16.6. The van der Waals surface area contributed by atoms with E-state index >= 15 is 0 Å². The summed E-state index contributed by atoms with van der Waals surface area (Å²) >= 11 is 0. The van der Waals surface area contributed by atoms with Gasteiger partial charge in [0.1, 0.15) is 5.75 Å². The summed E-state index contributed by atoms with van der Waals surface area (Å²) in [5, 5.41) is 13.8. The molecule has 0 saturated carbocycles. The van der Waals surface area contributed by atoms with Crippen molar-refractivity contribution >= 4 is 23.2 Å². The van der Waals surface area contributed by atoms with E-state index in [1.165, 1.54) is 6.07 Å². The summed E-state index contributed by atoms with van der Waals surface area (Å²) < 4.78 is 5.57. The first-order valence-electron chi connectivity index (χ1n) is 9.95. The molecular formula is C22H25N3O5. The van der Waals surface area contributed by atoms with E-state index in [0.29, 0.717) is 50.2 Å². The van der Waals surface area contributed by atoms with Crippen LogP contribution in [0.4, 0.5) is 11.4 Å². The molecule has 0 bridgehead atoms. The molecule has 158 valence electrons. The van der Waals surface area contributed by atoms with Crippen LogP contribution in [0.5, 0.6) is 5.75 Å². The zero-order chi connectivity index (χ0) is 21.5. The number of nitrogens with zero attached hydrogens (tertiary/aromatic N) is 2. The molecule has 2 amide bonds. The number of hydrogen-bond donors (Lipinski definition) is 1. The number of para-hydroxylation sites is 1. The number of carbonyl (C=O) groups excluding carboxylic acids is 2. The second kappa shape index (κ2) is 9.87. The van der Waals surface area contributed by atoms with Crippen molar-refractivity contribution in [2.45, 2.75) is 26.2 Å². The SMILES string of the molecule is Cc1ccc(NC(=O)C2CCN(C(=O)CCOc3ccccc3)CC2)cc1[N+](=O)[O-]. The Morgan fingerprint density at radius 3 is 2.53 bits per heavy atom. The van der Waals surface area contributed by atoms with Crippen molar-refractivity contribution in [2.24, 2.45) is 5.92 Å². The Bertz CT molecular complexity index is 908. The van der Waals surface area contributed by atoms with Gasteiger partial charge in [0.25, 0.3) is 5.69 Å². The van der Waals surface area contributed by atoms with E-state index < -0.39 is 4.92 Å². The number of nitrogens with one attached hydrogen (secondary N) is 1. The van der Waals surface area contributed by atoms with Crippen molar-refractivity contribution in [3.8, 4) is 5.75 Å². The number of piperidine rings is 1. The molecule has 1 aliphatic rings. The lowest BCUT2D eigenvalue weighted by atomic mass is 9.95. The van der Waals surface area contributed by atoms with Crippen molar-refractivity contribution in [3.63, 3.8) is 0 Å². The minimum Gasteiger partial charge on any atom is -0.493 e. The van der Waals surface area contributed by atoms with E-state index in [-0.39, 0.29) is 23.4 Å². The number of ether oxygens (including phenoxy) is 1. The van der Waals surface area contributed by atoms with Gasteiger partial charge in [-0.05, 0) is 38.0 Å². The van der Waals surface area contributed by atoms with Crippen LogP contribution in [0.25, 0.3) is 0 Å². The van der Waals surface area contributed by atoms with Gasteiger partial charge in [-0.2, -0.15) is 0 Å². The first-order valence-corrected chi connectivity index (χ1v) is 9.95. The van der Waals surface area contributed by atoms with Gasteiger partial charge in [0, 0.05) is 36.3 Å². The summed E-state index contributed by atoms with van der Waals surface area (Å²) in [7, 11) is 0. The van der Waals surface area contributed by atoms with E-state index in [4.69, 9.17) is 4.74 Å². The predicted molar refractivity (Wildman–Crippen MR) is 112 cm³/mol. The number of benzene rings is 2. The Kier molecular flexibility index (Phi) is 7.00. The van der Waals surface area contributed by atoms with Crippen LogP contribution in [0.15, 0.2) is 48.5 Å². The van der Waals surface area contributed by atoms with E-state index in [0.717, 1.165) is 5.75 Å². The average molecular weight is 411 g/mol. The molecule has 0 spiro atoms. The molecular weight excluding hydrogens is 386 g/mol. The van der Waals surface area contributed by atoms with Crippen molar-refractivity contribution < 1.29 is 19.2 Å². The number of anilines is 1. The molecule has 8 nitrogen and oxygen atoms in total. The molecule has 0 aliphatic carbocycles. The van der Waals surface area contributed by atoms with Crippen LogP contribution in [0.3, 0.4) is 0 Å². The van der Waals surface area contributed by atoms with E-state index in [1.807, 2.05) is 30.3 Å². The molecule has 8 heteroatoms. The van der Waals surface area contributed by atoms with Crippen LogP contribution >= 0.6 is 0 Å². The topological polar surface area (TPSA) is 102 Å². The maximum absolute atomic E-state index is 12.5. The lowest BCUT2D eigenvalue weighted by Gasteiger charge is -2.31. The zero-order valence-electron chi connectivity index (χ0n) is 16.9. The molecule has 1 heterocycles. The molecule has 1 saturated heterocycles. The molecule has 0 radical (unpaired) electrons. The smallest absolute Gasteiger partial charge is 0.274 e. The Morgan fingerprint density at radius 1 is 1.17 bits per heavy atom. The monoisotopic (exact) mass is 411 g/mol. The van der Waals surface area contributed by atoms with E-state index in [1.54, 1.807) is 24.0 Å². The summed E-state index contributed by atoms with van der Waals surface area (Å²) in [5.74, 6) is 0.346. The Hall–Kier alpha value is -3.42. The molecule has 2 aromatic rings. The minimum atomic E-state index is -0.462. The fourth-order valence-electron chi connectivity index (χ4n) is 3.45. The zero-order valence-corrected chi connectivity index (χ0v) is 16.9. The van der Waals surface area contributed by atoms with Gasteiger partial charge >= 0.3 is 0 Å². The number of likely N-dealkylation sites (tertiary alicyclic amines) is 1. The Labute approximate surface area is 175 Å². The molecule has 30 heavy (non-hydrogen) atoms. The van der Waals surface area contributed by atoms with Crippen molar-refractivity contribution in [1.29, 1.82) is 0 Å². The van der Waals surface area contributed by atoms with Crippen molar-refractivity contribution in [2.75, 3.05) is 25.0 Å². The largest absolute Gasteiger partial charge is 0.493 e. The molecule has 1 aliphatic heterocycles. The summed E-state index contributed by atoms with van der Waals surface area (Å²) in [5.41, 5.74) is 0.931. The fourth-order valence-corrected chi connectivity index (χ4v) is 3.45. The molecule has 0 atom stereocenters. The molecule has 0 aromatic heterocycles. The Balaban J connectivity index is 1.44. The van der Waals surface area contributed by atoms with Crippen LogP contribution in [-0.2, 0) is 9.59 Å². The number of amides is 2. The third kappa shape index (κ3) is 5.56. The third-order valence-electron chi connectivity index (χ3n) is 5.22. The van der Waals surface area contributed by atoms with Gasteiger partial charge in [-0.1, -0.05) is 24.3 Å². The fraction of sp³-hybridized carbons (Fsp3) is 0.364. The summed E-state index contributed by atoms with van der Waals surface area (Å²) in [6, 6.07) is 14.0. The lowest BCUT2D eigenvalue weighted by molar-refractivity contribution is -0.385. The second-order valence-corrected chi connectivity index (χ2v) is 7.31. The van der Waals surface area contributed by atoms with Crippen molar-refractivity contribution in [3.05, 3.63) is 64.2 Å². The van der Waals surface area contributed by atoms with Crippen LogP contribution < -0.4 is 10.1 Å². The molecule has 1 fully saturated rings. The summed E-state index contributed by atoms with van der Waals surface area (Å²) in [4.78, 5) is 37.3. The first-order chi connectivity index (χ1) is 14.4. The van der Waals surface area contributed by atoms with Crippen LogP contribution in [0.1, 0.15) is 24.8 Å². The van der Waals surface area contributed by atoms with Gasteiger partial charge in [-0.25, -0.2) is 0 Å². The standard InChI is InChI=1S/C22H25N3O5/c1-16-7-8-18(15-20(16)25(28)29)23-22(27)17-9-12-24(13-10-17)21(26)11-14-30-19-5-3-2-4-6-19/h2-8,15,17H,9-14H2,1H3,(H,23,27). The maximum Gasteiger partial charge on any atom is 0.274 e. The second-order valence-electron chi connectivity index (χ2n) is 7.31. The number of rotatable bonds is 7. The maximum atomic E-state index is 12.5. The Morgan fingerprint density at radius 2 is 1.87 bits per heavy atom. The molecule has 0 unspecified atom stereocenters. The van der Waals surface area contributed by atoms with Crippen LogP contribution in [0.2, 0.25) is 0 Å². The summed E-state index contributed by atoms with van der Waals surface area (Å²) in [6.45, 7) is 2.99. The van der Waals surface area contributed by atoms with Gasteiger partial charge in [-0.15, -0.1) is 0 Å². The summed E-state index contributed by atoms with van der Waals surface area (Å²) in [6.07, 6.45) is 1.41. The minimum absolute atomic E-state index is 0.0129. The lowest BCUT2D eigenvalue weighted by Crippen LogP contribution is -2.41. The van der Waals surface area contributed by atoms with Crippen LogP contribution in [-0.4, -0.2) is 41.3 Å². The number of nitro groups is 1.